The molecule has 2 rings (SSSR count). The van der Waals surface area contributed by atoms with E-state index in [0.29, 0.717) is 0 Å². The number of amides is 1. The lowest BCUT2D eigenvalue weighted by molar-refractivity contribution is -0.117. The van der Waals surface area contributed by atoms with Crippen LogP contribution in [0.1, 0.15) is 23.1 Å². The molecule has 1 aromatic rings. The fraction of sp³-hybridized carbons (Fsp3) is 0.154. The van der Waals surface area contributed by atoms with E-state index < -0.39 is 0 Å². The van der Waals surface area contributed by atoms with Gasteiger partial charge in [0.1, 0.15) is 0 Å². The van der Waals surface area contributed by atoms with Crippen molar-refractivity contribution in [3.63, 3.8) is 0 Å². The number of hydrogen-bond donors (Lipinski definition) is 1. The number of primary amides is 1. The zero-order chi connectivity index (χ0) is 10.7. The van der Waals surface area contributed by atoms with E-state index in [2.05, 4.69) is 30.1 Å². The SMILES string of the molecule is NC(=O)CC#Cc1cccc2c1CC=C2. The van der Waals surface area contributed by atoms with E-state index in [9.17, 15) is 4.79 Å². The number of fused-ring (bicyclic) bond motifs is 1. The molecule has 0 fully saturated rings. The van der Waals surface area contributed by atoms with Gasteiger partial charge in [-0.2, -0.15) is 0 Å². The molecule has 1 aliphatic carbocycles. The minimum Gasteiger partial charge on any atom is -0.369 e. The molecule has 0 spiro atoms. The highest BCUT2D eigenvalue weighted by Crippen LogP contribution is 2.22. The topological polar surface area (TPSA) is 43.1 Å². The van der Waals surface area contributed by atoms with Crippen molar-refractivity contribution in [2.75, 3.05) is 0 Å². The number of allylic oxidation sites excluding steroid dienone is 1. The molecular weight excluding hydrogens is 186 g/mol. The first kappa shape index (κ1) is 9.54. The summed E-state index contributed by atoms with van der Waals surface area (Å²) in [5.74, 6) is 5.38. The summed E-state index contributed by atoms with van der Waals surface area (Å²) in [7, 11) is 0. The van der Waals surface area contributed by atoms with Crippen molar-refractivity contribution in [3.05, 3.63) is 41.0 Å². The van der Waals surface area contributed by atoms with Gasteiger partial charge in [0.15, 0.2) is 0 Å². The van der Waals surface area contributed by atoms with Crippen molar-refractivity contribution < 1.29 is 4.79 Å². The lowest BCUT2D eigenvalue weighted by Crippen LogP contribution is -2.08. The van der Waals surface area contributed by atoms with Gasteiger partial charge < -0.3 is 5.73 Å². The van der Waals surface area contributed by atoms with E-state index >= 15 is 0 Å². The molecule has 2 nitrogen and oxygen atoms in total. The second-order valence-electron chi connectivity index (χ2n) is 3.42. The molecule has 0 aromatic heterocycles. The van der Waals surface area contributed by atoms with Crippen LogP contribution in [0.5, 0.6) is 0 Å². The van der Waals surface area contributed by atoms with Crippen LogP contribution < -0.4 is 5.73 Å². The third kappa shape index (κ3) is 2.08. The Bertz CT molecular complexity index is 489. The van der Waals surface area contributed by atoms with Gasteiger partial charge >= 0.3 is 0 Å². The molecule has 1 aliphatic rings. The van der Waals surface area contributed by atoms with Gasteiger partial charge in [-0.25, -0.2) is 0 Å². The maximum atomic E-state index is 10.5. The van der Waals surface area contributed by atoms with Gasteiger partial charge in [-0.3, -0.25) is 4.79 Å². The van der Waals surface area contributed by atoms with Crippen LogP contribution in [0.15, 0.2) is 24.3 Å². The van der Waals surface area contributed by atoms with Crippen LogP contribution in [0.4, 0.5) is 0 Å². The molecule has 0 heterocycles. The lowest BCUT2D eigenvalue weighted by atomic mass is 10.0. The molecule has 0 bridgehead atoms. The largest absolute Gasteiger partial charge is 0.369 e. The standard InChI is InChI=1S/C13H11NO/c14-13(15)9-3-7-11-5-1-4-10-6-2-8-12(10)11/h1-2,4-6H,8-9H2,(H2,14,15). The van der Waals surface area contributed by atoms with E-state index in [1.54, 1.807) is 0 Å². The van der Waals surface area contributed by atoms with E-state index in [1.807, 2.05) is 12.1 Å². The molecule has 1 amide bonds. The fourth-order valence-electron chi connectivity index (χ4n) is 1.64. The molecular formula is C13H11NO. The first-order chi connectivity index (χ1) is 7.27. The first-order valence-corrected chi connectivity index (χ1v) is 4.83. The van der Waals surface area contributed by atoms with Gasteiger partial charge in [0.2, 0.25) is 5.91 Å². The summed E-state index contributed by atoms with van der Waals surface area (Å²) in [4.78, 5) is 10.5. The minimum absolute atomic E-state index is 0.122. The van der Waals surface area contributed by atoms with Crippen molar-refractivity contribution in [2.24, 2.45) is 5.73 Å². The van der Waals surface area contributed by atoms with Gasteiger partial charge in [0, 0.05) is 5.56 Å². The van der Waals surface area contributed by atoms with E-state index in [1.165, 1.54) is 11.1 Å². The highest BCUT2D eigenvalue weighted by atomic mass is 16.1. The molecule has 0 atom stereocenters. The Labute approximate surface area is 88.8 Å². The Morgan fingerprint density at radius 3 is 3.13 bits per heavy atom. The molecule has 0 unspecified atom stereocenters. The molecule has 74 valence electrons. The summed E-state index contributed by atoms with van der Waals surface area (Å²) in [6, 6.07) is 6.01. The molecule has 0 saturated heterocycles. The summed E-state index contributed by atoms with van der Waals surface area (Å²) < 4.78 is 0. The second-order valence-corrected chi connectivity index (χ2v) is 3.42. The smallest absolute Gasteiger partial charge is 0.229 e. The normalized spacial score (nSPS) is 11.7. The zero-order valence-corrected chi connectivity index (χ0v) is 8.29. The Balaban J connectivity index is 2.26. The van der Waals surface area contributed by atoms with E-state index in [0.717, 1.165) is 12.0 Å². The molecule has 0 aliphatic heterocycles. The molecule has 0 saturated carbocycles. The summed E-state index contributed by atoms with van der Waals surface area (Å²) in [5.41, 5.74) is 8.48. The maximum Gasteiger partial charge on any atom is 0.229 e. The second kappa shape index (κ2) is 4.02. The predicted octanol–water partition coefficient (Wildman–Crippen LogP) is 1.48. The predicted molar refractivity (Wildman–Crippen MR) is 59.9 cm³/mol. The van der Waals surface area contributed by atoms with Crippen molar-refractivity contribution in [1.82, 2.24) is 0 Å². The summed E-state index contributed by atoms with van der Waals surface area (Å²) >= 11 is 0. The van der Waals surface area contributed by atoms with Crippen molar-refractivity contribution >= 4 is 12.0 Å². The monoisotopic (exact) mass is 197 g/mol. The van der Waals surface area contributed by atoms with Crippen LogP contribution in [0.25, 0.3) is 6.08 Å². The number of hydrogen-bond acceptors (Lipinski definition) is 1. The highest BCUT2D eigenvalue weighted by Gasteiger charge is 2.07. The Kier molecular flexibility index (Phi) is 2.55. The van der Waals surface area contributed by atoms with Crippen LogP contribution >= 0.6 is 0 Å². The average molecular weight is 197 g/mol. The van der Waals surface area contributed by atoms with Crippen LogP contribution in [-0.2, 0) is 11.2 Å². The van der Waals surface area contributed by atoms with Gasteiger partial charge in [-0.1, -0.05) is 36.1 Å². The lowest BCUT2D eigenvalue weighted by Gasteiger charge is -2.00. The van der Waals surface area contributed by atoms with Gasteiger partial charge in [-0.15, -0.1) is 0 Å². The van der Waals surface area contributed by atoms with Crippen LogP contribution in [0, 0.1) is 11.8 Å². The quantitative estimate of drug-likeness (QED) is 0.681. The molecule has 0 radical (unpaired) electrons. The molecule has 2 heteroatoms. The number of nitrogens with two attached hydrogens (primary N) is 1. The summed E-state index contributed by atoms with van der Waals surface area (Å²) in [6.07, 6.45) is 5.26. The molecule has 15 heavy (non-hydrogen) atoms. The summed E-state index contributed by atoms with van der Waals surface area (Å²) in [5, 5.41) is 0. The third-order valence-electron chi connectivity index (χ3n) is 2.32. The average Bonchev–Trinajstić information content (AvgIpc) is 2.65. The Morgan fingerprint density at radius 1 is 1.47 bits per heavy atom. The minimum atomic E-state index is -0.381. The summed E-state index contributed by atoms with van der Waals surface area (Å²) in [6.45, 7) is 0. The van der Waals surface area contributed by atoms with Gasteiger partial charge in [0.25, 0.3) is 0 Å². The van der Waals surface area contributed by atoms with Crippen molar-refractivity contribution in [1.29, 1.82) is 0 Å². The van der Waals surface area contributed by atoms with Crippen molar-refractivity contribution in [2.45, 2.75) is 12.8 Å². The van der Waals surface area contributed by atoms with Crippen LogP contribution in [0.3, 0.4) is 0 Å². The number of rotatable bonds is 1. The van der Waals surface area contributed by atoms with Gasteiger partial charge in [-0.05, 0) is 23.6 Å². The third-order valence-corrected chi connectivity index (χ3v) is 2.32. The Morgan fingerprint density at radius 2 is 2.33 bits per heavy atom. The number of benzene rings is 1. The zero-order valence-electron chi connectivity index (χ0n) is 8.29. The van der Waals surface area contributed by atoms with Crippen LogP contribution in [-0.4, -0.2) is 5.91 Å². The molecule has 1 aromatic carbocycles. The maximum absolute atomic E-state index is 10.5. The Hall–Kier alpha value is -2.01. The fourth-order valence-corrected chi connectivity index (χ4v) is 1.64. The number of carbonyl (C=O) groups is 1. The first-order valence-electron chi connectivity index (χ1n) is 4.83. The number of carbonyl (C=O) groups excluding carboxylic acids is 1. The van der Waals surface area contributed by atoms with E-state index in [-0.39, 0.29) is 12.3 Å². The van der Waals surface area contributed by atoms with E-state index in [4.69, 9.17) is 5.73 Å². The van der Waals surface area contributed by atoms with Crippen LogP contribution in [0.2, 0.25) is 0 Å². The molecule has 2 N–H and O–H groups in total. The van der Waals surface area contributed by atoms with Gasteiger partial charge in [0.05, 0.1) is 6.42 Å². The highest BCUT2D eigenvalue weighted by molar-refractivity contribution is 5.76. The van der Waals surface area contributed by atoms with Crippen molar-refractivity contribution in [3.8, 4) is 11.8 Å².